The third-order valence-corrected chi connectivity index (χ3v) is 5.30. The second kappa shape index (κ2) is 9.37. The molecule has 168 valence electrons. The maximum atomic E-state index is 13.9. The first-order valence-electron chi connectivity index (χ1n) is 9.74. The number of nitrogens with zero attached hydrogens (tertiary/aromatic N) is 2. The minimum atomic E-state index is -0.833. The van der Waals surface area contributed by atoms with Gasteiger partial charge in [0.05, 0.1) is 5.69 Å². The number of hydrogen-bond donors (Lipinski definition) is 2. The van der Waals surface area contributed by atoms with E-state index in [0.29, 0.717) is 15.9 Å². The molecule has 0 bridgehead atoms. The molecular weight excluding hydrogens is 498 g/mol. The van der Waals surface area contributed by atoms with Gasteiger partial charge in [0.25, 0.3) is 11.5 Å². The Labute approximate surface area is 194 Å². The molecule has 4 rings (SSSR count). The number of anilines is 1. The zero-order valence-electron chi connectivity index (χ0n) is 17.0. The molecule has 0 unspecified atom stereocenters. The Morgan fingerprint density at radius 1 is 1.15 bits per heavy atom. The number of carbonyl (C=O) groups excluding carboxylic acids is 1. The molecule has 0 atom stereocenters. The van der Waals surface area contributed by atoms with Crippen molar-refractivity contribution >= 4 is 38.6 Å². The first kappa shape index (κ1) is 22.4. The van der Waals surface area contributed by atoms with Crippen LogP contribution in [0.15, 0.2) is 70.1 Å². The van der Waals surface area contributed by atoms with Crippen molar-refractivity contribution in [2.45, 2.75) is 13.2 Å². The fourth-order valence-corrected chi connectivity index (χ4v) is 3.55. The highest BCUT2D eigenvalue weighted by Crippen LogP contribution is 2.24. The Morgan fingerprint density at radius 3 is 2.64 bits per heavy atom. The Balaban J connectivity index is 1.72. The largest absolute Gasteiger partial charge is 0.404 e. The van der Waals surface area contributed by atoms with E-state index in [-0.39, 0.29) is 35.6 Å². The van der Waals surface area contributed by atoms with Crippen LogP contribution in [-0.4, -0.2) is 15.6 Å². The maximum Gasteiger partial charge on any atom is 0.300 e. The molecule has 2 heterocycles. The predicted octanol–water partition coefficient (Wildman–Crippen LogP) is 3.58. The summed E-state index contributed by atoms with van der Waals surface area (Å²) in [5.74, 6) is -2.39. The zero-order valence-corrected chi connectivity index (χ0v) is 18.6. The summed E-state index contributed by atoms with van der Waals surface area (Å²) in [5, 5.41) is 2.77. The number of hydrogen-bond acceptors (Lipinski definition) is 5. The number of halogens is 3. The van der Waals surface area contributed by atoms with Gasteiger partial charge in [0.2, 0.25) is 0 Å². The third kappa shape index (κ3) is 4.70. The summed E-state index contributed by atoms with van der Waals surface area (Å²) in [7, 11) is 0. The van der Waals surface area contributed by atoms with Crippen LogP contribution in [0.25, 0.3) is 11.0 Å². The summed E-state index contributed by atoms with van der Waals surface area (Å²) in [6.07, 6.45) is 1.47. The van der Waals surface area contributed by atoms with E-state index in [2.05, 4.69) is 26.2 Å². The number of carbonyl (C=O) groups is 1. The maximum absolute atomic E-state index is 13.9. The first-order chi connectivity index (χ1) is 15.8. The van der Waals surface area contributed by atoms with Crippen LogP contribution >= 0.6 is 15.9 Å². The average Bonchev–Trinajstić information content (AvgIpc) is 2.79. The average molecular weight is 515 g/mol. The monoisotopic (exact) mass is 514 g/mol. The standard InChI is InChI=1S/C23H17BrF2N4O3/c24-15-8-17-20(27)19(22(31)29-10-14-6-7-16(25)9-18(14)26)23(32)30(21(17)28-11-15)33-12-13-4-2-1-3-5-13/h1-9,11H,10,12,27H2,(H,29,31). The lowest BCUT2D eigenvalue weighted by atomic mass is 10.1. The molecule has 0 aliphatic rings. The summed E-state index contributed by atoms with van der Waals surface area (Å²) in [6.45, 7) is -0.233. The van der Waals surface area contributed by atoms with Gasteiger partial charge in [0.15, 0.2) is 5.65 Å². The van der Waals surface area contributed by atoms with Gasteiger partial charge in [0, 0.05) is 34.2 Å². The molecule has 4 aromatic rings. The van der Waals surface area contributed by atoms with E-state index in [4.69, 9.17) is 10.6 Å². The van der Waals surface area contributed by atoms with Crippen molar-refractivity contribution < 1.29 is 18.4 Å². The van der Waals surface area contributed by atoms with Gasteiger partial charge in [-0.1, -0.05) is 36.4 Å². The Morgan fingerprint density at radius 2 is 1.91 bits per heavy atom. The van der Waals surface area contributed by atoms with Crippen LogP contribution in [0.1, 0.15) is 21.5 Å². The highest BCUT2D eigenvalue weighted by Gasteiger charge is 2.23. The molecule has 0 aliphatic heterocycles. The number of amides is 1. The van der Waals surface area contributed by atoms with Crippen molar-refractivity contribution in [3.63, 3.8) is 0 Å². The molecule has 3 N–H and O–H groups in total. The number of fused-ring (bicyclic) bond motifs is 1. The van der Waals surface area contributed by atoms with Crippen LogP contribution < -0.4 is 21.4 Å². The lowest BCUT2D eigenvalue weighted by Gasteiger charge is -2.16. The third-order valence-electron chi connectivity index (χ3n) is 4.87. The fraction of sp³-hybridized carbons (Fsp3) is 0.0870. The number of aromatic nitrogens is 2. The van der Waals surface area contributed by atoms with E-state index >= 15 is 0 Å². The van der Waals surface area contributed by atoms with Gasteiger partial charge in [0.1, 0.15) is 23.8 Å². The Kier molecular flexibility index (Phi) is 6.36. The van der Waals surface area contributed by atoms with Crippen molar-refractivity contribution in [3.05, 3.63) is 104 Å². The summed E-state index contributed by atoms with van der Waals surface area (Å²) in [5.41, 5.74) is 5.86. The molecule has 0 saturated heterocycles. The van der Waals surface area contributed by atoms with E-state index in [1.54, 1.807) is 6.07 Å². The van der Waals surface area contributed by atoms with Crippen LogP contribution in [0.3, 0.4) is 0 Å². The molecule has 0 spiro atoms. The van der Waals surface area contributed by atoms with Gasteiger partial charge >= 0.3 is 0 Å². The van der Waals surface area contributed by atoms with E-state index in [1.807, 2.05) is 30.3 Å². The molecule has 7 nitrogen and oxygen atoms in total. The molecule has 1 amide bonds. The molecular formula is C23H17BrF2N4O3. The quantitative estimate of drug-likeness (QED) is 0.409. The lowest BCUT2D eigenvalue weighted by molar-refractivity contribution is 0.0898. The molecule has 0 saturated carbocycles. The topological polar surface area (TPSA) is 99.2 Å². The highest BCUT2D eigenvalue weighted by molar-refractivity contribution is 9.10. The lowest BCUT2D eigenvalue weighted by Crippen LogP contribution is -2.37. The second-order valence-corrected chi connectivity index (χ2v) is 8.01. The normalized spacial score (nSPS) is 10.9. The van der Waals surface area contributed by atoms with E-state index in [9.17, 15) is 18.4 Å². The Hall–Kier alpha value is -3.79. The van der Waals surface area contributed by atoms with E-state index in [0.717, 1.165) is 16.4 Å². The van der Waals surface area contributed by atoms with E-state index in [1.165, 1.54) is 12.3 Å². The summed E-state index contributed by atoms with van der Waals surface area (Å²) in [6, 6.07) is 13.7. The summed E-state index contributed by atoms with van der Waals surface area (Å²) >= 11 is 3.30. The van der Waals surface area contributed by atoms with Gasteiger partial charge in [-0.3, -0.25) is 9.59 Å². The Bertz CT molecular complexity index is 1410. The van der Waals surface area contributed by atoms with Crippen LogP contribution in [-0.2, 0) is 13.2 Å². The van der Waals surface area contributed by atoms with Crippen LogP contribution in [0, 0.1) is 11.6 Å². The molecule has 2 aromatic heterocycles. The molecule has 0 fully saturated rings. The van der Waals surface area contributed by atoms with Gasteiger partial charge in [-0.25, -0.2) is 13.8 Å². The number of benzene rings is 2. The highest BCUT2D eigenvalue weighted by atomic mass is 79.9. The van der Waals surface area contributed by atoms with Crippen molar-refractivity contribution in [1.82, 2.24) is 15.0 Å². The van der Waals surface area contributed by atoms with Crippen molar-refractivity contribution in [2.24, 2.45) is 0 Å². The van der Waals surface area contributed by atoms with Crippen LogP contribution in [0.4, 0.5) is 14.5 Å². The van der Waals surface area contributed by atoms with Gasteiger partial charge < -0.3 is 15.9 Å². The predicted molar refractivity (Wildman–Crippen MR) is 122 cm³/mol. The number of rotatable bonds is 6. The number of nitrogens with two attached hydrogens (primary N) is 1. The fourth-order valence-electron chi connectivity index (χ4n) is 3.22. The number of pyridine rings is 2. The number of nitrogen functional groups attached to an aromatic ring is 1. The molecule has 0 aliphatic carbocycles. The van der Waals surface area contributed by atoms with Gasteiger partial charge in [-0.05, 0) is 33.6 Å². The number of nitrogens with one attached hydrogen (secondary N) is 1. The summed E-state index contributed by atoms with van der Waals surface area (Å²) < 4.78 is 28.5. The SMILES string of the molecule is Nc1c(C(=O)NCc2ccc(F)cc2F)c(=O)n(OCc2ccccc2)c2ncc(Br)cc12. The van der Waals surface area contributed by atoms with Gasteiger partial charge in [-0.2, -0.15) is 0 Å². The molecule has 33 heavy (non-hydrogen) atoms. The van der Waals surface area contributed by atoms with E-state index < -0.39 is 23.1 Å². The minimum absolute atomic E-state index is 0.0410. The summed E-state index contributed by atoms with van der Waals surface area (Å²) in [4.78, 5) is 36.0. The second-order valence-electron chi connectivity index (χ2n) is 7.09. The van der Waals surface area contributed by atoms with Crippen molar-refractivity contribution in [3.8, 4) is 0 Å². The van der Waals surface area contributed by atoms with Crippen LogP contribution in [0.2, 0.25) is 0 Å². The smallest absolute Gasteiger partial charge is 0.300 e. The van der Waals surface area contributed by atoms with Gasteiger partial charge in [-0.15, -0.1) is 4.73 Å². The molecule has 0 radical (unpaired) electrons. The zero-order chi connectivity index (χ0) is 23.5. The first-order valence-corrected chi connectivity index (χ1v) is 10.5. The van der Waals surface area contributed by atoms with Crippen molar-refractivity contribution in [1.29, 1.82) is 0 Å². The molecule has 10 heteroatoms. The minimum Gasteiger partial charge on any atom is -0.404 e. The molecule has 2 aromatic carbocycles. The van der Waals surface area contributed by atoms with Crippen LogP contribution in [0.5, 0.6) is 0 Å². The van der Waals surface area contributed by atoms with Crippen molar-refractivity contribution in [2.75, 3.05) is 5.73 Å².